The van der Waals surface area contributed by atoms with Crippen molar-refractivity contribution in [1.29, 1.82) is 0 Å². The van der Waals surface area contributed by atoms with E-state index in [1.807, 2.05) is 6.92 Å². The van der Waals surface area contributed by atoms with Crippen LogP contribution in [0.25, 0.3) is 0 Å². The largest absolute Gasteiger partial charge is 0.379 e. The molecule has 5 nitrogen and oxygen atoms in total. The molecule has 3 heterocycles. The molecule has 1 atom stereocenters. The minimum absolute atomic E-state index is 0.0804. The number of halogens is 1. The maximum atomic E-state index is 13.2. The summed E-state index contributed by atoms with van der Waals surface area (Å²) in [5.74, 6) is -0.212. The minimum atomic E-state index is -0.292. The number of ether oxygens (including phenoxy) is 1. The molecule has 0 saturated carbocycles. The van der Waals surface area contributed by atoms with Gasteiger partial charge in [-0.05, 0) is 38.1 Å². The molecule has 0 radical (unpaired) electrons. The molecule has 1 aromatic carbocycles. The maximum Gasteiger partial charge on any atom is 0.227 e. The van der Waals surface area contributed by atoms with Crippen LogP contribution in [0, 0.1) is 25.1 Å². The Morgan fingerprint density at radius 2 is 2.04 bits per heavy atom. The highest BCUT2D eigenvalue weighted by Gasteiger charge is 2.46. The number of amides is 1. The van der Waals surface area contributed by atoms with Gasteiger partial charge in [0.15, 0.2) is 0 Å². The van der Waals surface area contributed by atoms with Gasteiger partial charge < -0.3 is 9.64 Å². The molecule has 144 valence electrons. The van der Waals surface area contributed by atoms with Crippen molar-refractivity contribution in [3.05, 3.63) is 45.7 Å². The van der Waals surface area contributed by atoms with E-state index in [-0.39, 0.29) is 17.1 Å². The zero-order valence-electron chi connectivity index (χ0n) is 15.7. The van der Waals surface area contributed by atoms with Gasteiger partial charge in [0.05, 0.1) is 23.9 Å². The van der Waals surface area contributed by atoms with Gasteiger partial charge in [0.2, 0.25) is 5.91 Å². The van der Waals surface area contributed by atoms with Crippen LogP contribution < -0.4 is 4.90 Å². The molecule has 1 unspecified atom stereocenters. The van der Waals surface area contributed by atoms with Crippen molar-refractivity contribution >= 4 is 22.9 Å². The Balaban J connectivity index is 1.52. The zero-order valence-corrected chi connectivity index (χ0v) is 16.5. The monoisotopic (exact) mass is 389 g/mol. The SMILES string of the molecule is Cc1nc(C)c(CN2CCOCC3(CC(=O)N(c4ccc(F)cc4)C3)C2)s1. The summed E-state index contributed by atoms with van der Waals surface area (Å²) in [4.78, 5) is 22.7. The predicted molar refractivity (Wildman–Crippen MR) is 103 cm³/mol. The number of aromatic nitrogens is 1. The van der Waals surface area contributed by atoms with Crippen molar-refractivity contribution in [1.82, 2.24) is 9.88 Å². The van der Waals surface area contributed by atoms with Crippen LogP contribution >= 0.6 is 11.3 Å². The van der Waals surface area contributed by atoms with Gasteiger partial charge in [0.1, 0.15) is 5.82 Å². The fourth-order valence-electron chi connectivity index (χ4n) is 4.09. The van der Waals surface area contributed by atoms with Crippen LogP contribution in [0.1, 0.15) is 22.0 Å². The van der Waals surface area contributed by atoms with Crippen LogP contribution in [0.15, 0.2) is 24.3 Å². The van der Waals surface area contributed by atoms with Crippen molar-refractivity contribution in [3.8, 4) is 0 Å². The number of hydrogen-bond acceptors (Lipinski definition) is 5. The normalized spacial score (nSPS) is 24.0. The summed E-state index contributed by atoms with van der Waals surface area (Å²) in [6.45, 7) is 8.44. The summed E-state index contributed by atoms with van der Waals surface area (Å²) < 4.78 is 19.1. The Hall–Kier alpha value is -1.83. The van der Waals surface area contributed by atoms with Gasteiger partial charge in [0, 0.05) is 48.6 Å². The summed E-state index contributed by atoms with van der Waals surface area (Å²) in [7, 11) is 0. The lowest BCUT2D eigenvalue weighted by Crippen LogP contribution is -2.40. The summed E-state index contributed by atoms with van der Waals surface area (Å²) in [5, 5.41) is 1.09. The molecule has 2 aliphatic heterocycles. The number of nitrogens with zero attached hydrogens (tertiary/aromatic N) is 3. The number of rotatable bonds is 3. The van der Waals surface area contributed by atoms with Gasteiger partial charge in [-0.25, -0.2) is 9.37 Å². The third kappa shape index (κ3) is 3.90. The van der Waals surface area contributed by atoms with E-state index in [1.165, 1.54) is 17.0 Å². The number of carbonyl (C=O) groups is 1. The first kappa shape index (κ1) is 18.5. The van der Waals surface area contributed by atoms with Gasteiger partial charge in [0.25, 0.3) is 0 Å². The number of aryl methyl sites for hydroxylation is 2. The van der Waals surface area contributed by atoms with E-state index in [1.54, 1.807) is 28.4 Å². The lowest BCUT2D eigenvalue weighted by molar-refractivity contribution is -0.118. The van der Waals surface area contributed by atoms with Crippen LogP contribution in [0.2, 0.25) is 0 Å². The lowest BCUT2D eigenvalue weighted by atomic mass is 9.87. The van der Waals surface area contributed by atoms with Crippen molar-refractivity contribution in [2.45, 2.75) is 26.8 Å². The fraction of sp³-hybridized carbons (Fsp3) is 0.500. The van der Waals surface area contributed by atoms with Crippen molar-refractivity contribution in [2.24, 2.45) is 5.41 Å². The number of anilines is 1. The van der Waals surface area contributed by atoms with Crippen LogP contribution in [-0.4, -0.2) is 48.6 Å². The van der Waals surface area contributed by atoms with E-state index in [0.717, 1.165) is 36.0 Å². The molecule has 4 rings (SSSR count). The number of thiazole rings is 1. The van der Waals surface area contributed by atoms with E-state index in [0.29, 0.717) is 26.2 Å². The highest BCUT2D eigenvalue weighted by molar-refractivity contribution is 7.11. The Morgan fingerprint density at radius 3 is 2.74 bits per heavy atom. The highest BCUT2D eigenvalue weighted by atomic mass is 32.1. The first-order valence-corrected chi connectivity index (χ1v) is 10.0. The lowest BCUT2D eigenvalue weighted by Gasteiger charge is -2.31. The molecule has 0 N–H and O–H groups in total. The average molecular weight is 389 g/mol. The van der Waals surface area contributed by atoms with E-state index >= 15 is 0 Å². The molecule has 0 aliphatic carbocycles. The van der Waals surface area contributed by atoms with Gasteiger partial charge in [-0.3, -0.25) is 9.69 Å². The second-order valence-electron chi connectivity index (χ2n) is 7.64. The fourth-order valence-corrected chi connectivity index (χ4v) is 5.07. The average Bonchev–Trinajstić information content (AvgIpc) is 3.02. The molecule has 2 saturated heterocycles. The van der Waals surface area contributed by atoms with E-state index in [2.05, 4.69) is 16.8 Å². The van der Waals surface area contributed by atoms with Gasteiger partial charge in [-0.2, -0.15) is 0 Å². The van der Waals surface area contributed by atoms with Crippen LogP contribution in [0.3, 0.4) is 0 Å². The van der Waals surface area contributed by atoms with E-state index < -0.39 is 0 Å². The van der Waals surface area contributed by atoms with Gasteiger partial charge in [-0.1, -0.05) is 0 Å². The molecular formula is C20H24FN3O2S. The molecule has 2 fully saturated rings. The molecule has 0 bridgehead atoms. The second-order valence-corrected chi connectivity index (χ2v) is 8.93. The maximum absolute atomic E-state index is 13.2. The number of benzene rings is 1. The Kier molecular flexibility index (Phi) is 5.01. The molecule has 1 amide bonds. The summed E-state index contributed by atoms with van der Waals surface area (Å²) in [5.41, 5.74) is 1.62. The quantitative estimate of drug-likeness (QED) is 0.809. The van der Waals surface area contributed by atoms with Gasteiger partial charge in [-0.15, -0.1) is 11.3 Å². The van der Waals surface area contributed by atoms with Crippen molar-refractivity contribution in [2.75, 3.05) is 37.7 Å². The van der Waals surface area contributed by atoms with E-state index in [9.17, 15) is 9.18 Å². The third-order valence-electron chi connectivity index (χ3n) is 5.35. The van der Waals surface area contributed by atoms with Crippen LogP contribution in [0.5, 0.6) is 0 Å². The standard InChI is InChI=1S/C20H24FN3O2S/c1-14-18(27-15(2)22-14)10-23-7-8-26-13-20(11-23)9-19(25)24(12-20)17-5-3-16(21)4-6-17/h3-6H,7-13H2,1-2H3. The zero-order chi connectivity index (χ0) is 19.0. The smallest absolute Gasteiger partial charge is 0.227 e. The third-order valence-corrected chi connectivity index (χ3v) is 6.40. The number of hydrogen-bond donors (Lipinski definition) is 0. The van der Waals surface area contributed by atoms with Gasteiger partial charge >= 0.3 is 0 Å². The molecule has 1 spiro atoms. The van der Waals surface area contributed by atoms with Crippen molar-refractivity contribution < 1.29 is 13.9 Å². The Morgan fingerprint density at radius 1 is 1.26 bits per heavy atom. The number of carbonyl (C=O) groups excluding carboxylic acids is 1. The molecular weight excluding hydrogens is 365 g/mol. The summed E-state index contributed by atoms with van der Waals surface area (Å²) >= 11 is 1.74. The Bertz CT molecular complexity index is 838. The second kappa shape index (κ2) is 7.30. The highest BCUT2D eigenvalue weighted by Crippen LogP contribution is 2.37. The predicted octanol–water partition coefficient (Wildman–Crippen LogP) is 3.15. The first-order valence-electron chi connectivity index (χ1n) is 9.23. The van der Waals surface area contributed by atoms with Crippen molar-refractivity contribution in [3.63, 3.8) is 0 Å². The van der Waals surface area contributed by atoms with E-state index in [4.69, 9.17) is 4.74 Å². The molecule has 27 heavy (non-hydrogen) atoms. The van der Waals surface area contributed by atoms with Crippen LogP contribution in [-0.2, 0) is 16.1 Å². The van der Waals surface area contributed by atoms with Crippen LogP contribution in [0.4, 0.5) is 10.1 Å². The molecule has 2 aliphatic rings. The first-order chi connectivity index (χ1) is 12.9. The minimum Gasteiger partial charge on any atom is -0.379 e. The molecule has 2 aromatic rings. The molecule has 1 aromatic heterocycles. The molecule has 7 heteroatoms. The summed E-state index contributed by atoms with van der Waals surface area (Å²) in [6, 6.07) is 6.15. The summed E-state index contributed by atoms with van der Waals surface area (Å²) in [6.07, 6.45) is 0.460. The Labute approximate surface area is 162 Å². The topological polar surface area (TPSA) is 45.7 Å².